The second-order valence-electron chi connectivity index (χ2n) is 3.04. The predicted octanol–water partition coefficient (Wildman–Crippen LogP) is -6.95. The molecule has 0 aliphatic rings. The molecule has 0 heterocycles. The van der Waals surface area contributed by atoms with Crippen LogP contribution in [0.5, 0.6) is 0 Å². The molecule has 0 rings (SSSR count). The molecule has 0 aliphatic carbocycles. The van der Waals surface area contributed by atoms with Gasteiger partial charge in [-0.25, -0.2) is 0 Å². The van der Waals surface area contributed by atoms with E-state index in [0.29, 0.717) is 0 Å². The van der Waals surface area contributed by atoms with Crippen molar-refractivity contribution in [3.8, 4) is 0 Å². The Bertz CT molecular complexity index is 315. The third-order valence-electron chi connectivity index (χ3n) is 1.28. The van der Waals surface area contributed by atoms with Crippen molar-refractivity contribution in [1.82, 2.24) is 0 Å². The van der Waals surface area contributed by atoms with Gasteiger partial charge in [0.25, 0.3) is 0 Å². The molecule has 0 bridgehead atoms. The van der Waals surface area contributed by atoms with Crippen LogP contribution in [-0.2, 0) is 40.0 Å². The van der Waals surface area contributed by atoms with Gasteiger partial charge in [-0.05, 0) is 0 Å². The Labute approximate surface area is 169 Å². The maximum absolute atomic E-state index is 10.6. The molecule has 0 unspecified atom stereocenters. The Morgan fingerprint density at radius 2 is 1.19 bits per heavy atom. The summed E-state index contributed by atoms with van der Waals surface area (Å²) in [5.41, 5.74) is 0. The number of rotatable bonds is 5. The first kappa shape index (κ1) is 29.5. The van der Waals surface area contributed by atoms with Crippen LogP contribution in [0.2, 0.25) is 0 Å². The van der Waals surface area contributed by atoms with Gasteiger partial charge in [0.05, 0.1) is 0 Å². The van der Waals surface area contributed by atoms with E-state index in [0.717, 1.165) is 0 Å². The number of hydrogen-bond acceptors (Lipinski definition) is 9. The van der Waals surface area contributed by atoms with Gasteiger partial charge in [0.15, 0.2) is 6.10 Å². The first-order valence-electron chi connectivity index (χ1n) is 4.85. The molecule has 112 valence electrons. The Hall–Kier alpha value is 0.480. The zero-order valence-corrected chi connectivity index (χ0v) is 17.4. The van der Waals surface area contributed by atoms with E-state index in [1.165, 1.54) is 20.8 Å². The van der Waals surface area contributed by atoms with Crippen LogP contribution in [0.25, 0.3) is 0 Å². The summed E-state index contributed by atoms with van der Waals surface area (Å²) in [6.45, 7) is 3.44. The van der Waals surface area contributed by atoms with Crippen molar-refractivity contribution in [2.75, 3.05) is 13.2 Å². The van der Waals surface area contributed by atoms with Crippen molar-refractivity contribution in [2.45, 2.75) is 26.9 Å². The minimum Gasteiger partial charge on any atom is -0.784 e. The molecule has 0 aromatic heterocycles. The third kappa shape index (κ3) is 33.4. The Morgan fingerprint density at radius 3 is 1.38 bits per heavy atom. The molecule has 0 aliphatic heterocycles. The normalized spacial score (nSPS) is 8.52. The van der Waals surface area contributed by atoms with Crippen LogP contribution in [0.4, 0.5) is 0 Å². The van der Waals surface area contributed by atoms with Crippen LogP contribution < -0.4 is 59.1 Å². The molecular formula is C9H14Na2O9S. The van der Waals surface area contributed by atoms with E-state index in [4.69, 9.17) is 18.1 Å². The molecule has 12 heteroatoms. The topological polar surface area (TPSA) is 142 Å². The Morgan fingerprint density at radius 1 is 0.905 bits per heavy atom. The third-order valence-corrected chi connectivity index (χ3v) is 1.28. The summed E-state index contributed by atoms with van der Waals surface area (Å²) in [5.74, 6) is -1.51. The minimum absolute atomic E-state index is 0. The van der Waals surface area contributed by atoms with Gasteiger partial charge in [0, 0.05) is 20.8 Å². The van der Waals surface area contributed by atoms with Gasteiger partial charge in [-0.3, -0.25) is 18.6 Å². The number of ether oxygens (including phenoxy) is 3. The van der Waals surface area contributed by atoms with E-state index < -0.39 is 35.4 Å². The van der Waals surface area contributed by atoms with Crippen LogP contribution in [0.1, 0.15) is 20.8 Å². The van der Waals surface area contributed by atoms with Crippen LogP contribution in [0, 0.1) is 0 Å². The van der Waals surface area contributed by atoms with Gasteiger partial charge >= 0.3 is 77.0 Å². The molecule has 0 aromatic rings. The molecule has 0 fully saturated rings. The zero-order chi connectivity index (χ0) is 15.4. The van der Waals surface area contributed by atoms with Gasteiger partial charge in [-0.15, -0.1) is 11.4 Å². The number of esters is 3. The standard InChI is InChI=1S/C9H14O6.2Na.H2O3S/c1-6(10)13-4-9(15-8(3)12)5-14-7(2)11;;;1-4(2)3/h9H,4-5H2,1-3H3;;;(H2,1,2,3)/q;2*+1;/p-2. The molecule has 0 atom stereocenters. The van der Waals surface area contributed by atoms with Crippen molar-refractivity contribution in [1.29, 1.82) is 0 Å². The van der Waals surface area contributed by atoms with E-state index in [2.05, 4.69) is 9.47 Å². The minimum atomic E-state index is -3.11. The molecule has 0 radical (unpaired) electrons. The number of hydrogen-bond donors (Lipinski definition) is 0. The first-order chi connectivity index (χ1) is 8.65. The first-order valence-corrected chi connectivity index (χ1v) is 5.85. The summed E-state index contributed by atoms with van der Waals surface area (Å²) in [6, 6.07) is 0. The monoisotopic (exact) mass is 344 g/mol. The summed E-state index contributed by atoms with van der Waals surface area (Å²) in [5, 5.41) is 0. The summed E-state index contributed by atoms with van der Waals surface area (Å²) < 4.78 is 39.4. The van der Waals surface area contributed by atoms with Gasteiger partial charge in [0.2, 0.25) is 0 Å². The number of carbonyl (C=O) groups is 3. The van der Waals surface area contributed by atoms with Crippen molar-refractivity contribution >= 4 is 29.3 Å². The summed E-state index contributed by atoms with van der Waals surface area (Å²) in [4.78, 5) is 31.6. The fraction of sp³-hybridized carbons (Fsp3) is 0.667. The van der Waals surface area contributed by atoms with Crippen molar-refractivity contribution in [2.24, 2.45) is 0 Å². The van der Waals surface area contributed by atoms with Crippen LogP contribution in [-0.4, -0.2) is 50.5 Å². The van der Waals surface area contributed by atoms with Gasteiger partial charge in [-0.2, -0.15) is 0 Å². The average molecular weight is 344 g/mol. The Kier molecular flexibility index (Phi) is 26.0. The summed E-state index contributed by atoms with van der Waals surface area (Å²) in [6.07, 6.45) is -0.754. The molecule has 0 saturated heterocycles. The molecule has 0 amide bonds. The van der Waals surface area contributed by atoms with E-state index >= 15 is 0 Å². The average Bonchev–Trinajstić information content (AvgIpc) is 2.20. The molecule has 21 heavy (non-hydrogen) atoms. The van der Waals surface area contributed by atoms with E-state index in [1.807, 2.05) is 0 Å². The van der Waals surface area contributed by atoms with Crippen LogP contribution in [0.15, 0.2) is 0 Å². The van der Waals surface area contributed by atoms with E-state index in [9.17, 15) is 14.4 Å². The quantitative estimate of drug-likeness (QED) is 0.206. The predicted molar refractivity (Wildman–Crippen MR) is 58.5 cm³/mol. The molecule has 0 saturated carbocycles. The van der Waals surface area contributed by atoms with Crippen LogP contribution in [0.3, 0.4) is 0 Å². The van der Waals surface area contributed by atoms with Gasteiger partial charge in [-0.1, -0.05) is 0 Å². The fourth-order valence-electron chi connectivity index (χ4n) is 0.771. The van der Waals surface area contributed by atoms with Crippen LogP contribution >= 0.6 is 0 Å². The molecule has 0 aromatic carbocycles. The van der Waals surface area contributed by atoms with Crippen molar-refractivity contribution in [3.63, 3.8) is 0 Å². The van der Waals surface area contributed by atoms with Crippen molar-refractivity contribution in [3.05, 3.63) is 0 Å². The zero-order valence-electron chi connectivity index (χ0n) is 12.6. The van der Waals surface area contributed by atoms with Crippen molar-refractivity contribution < 1.29 is 101 Å². The molecule has 9 nitrogen and oxygen atoms in total. The van der Waals surface area contributed by atoms with Gasteiger partial charge < -0.3 is 23.3 Å². The fourth-order valence-corrected chi connectivity index (χ4v) is 0.771. The summed E-state index contributed by atoms with van der Waals surface area (Å²) >= 11 is -3.11. The second-order valence-corrected chi connectivity index (χ2v) is 3.45. The molecular weight excluding hydrogens is 330 g/mol. The SMILES string of the molecule is CC(=O)OCC(COC(C)=O)OC(C)=O.O=S([O-])[O-].[Na+].[Na+]. The smallest absolute Gasteiger partial charge is 0.784 e. The summed E-state index contributed by atoms with van der Waals surface area (Å²) in [7, 11) is 0. The second kappa shape index (κ2) is 18.5. The van der Waals surface area contributed by atoms with Gasteiger partial charge in [0.1, 0.15) is 13.2 Å². The number of carbonyl (C=O) groups excluding carboxylic acids is 3. The molecule has 0 N–H and O–H groups in total. The maximum atomic E-state index is 10.6. The maximum Gasteiger partial charge on any atom is 1.00 e. The molecule has 0 spiro atoms. The Balaban J connectivity index is -0.000000213. The van der Waals surface area contributed by atoms with E-state index in [-0.39, 0.29) is 72.3 Å². The largest absolute Gasteiger partial charge is 1.00 e. The van der Waals surface area contributed by atoms with E-state index in [1.54, 1.807) is 0 Å².